The Balaban J connectivity index is 1.49. The van der Waals surface area contributed by atoms with Crippen LogP contribution in [0.15, 0.2) is 33.9 Å². The van der Waals surface area contributed by atoms with Gasteiger partial charge in [-0.2, -0.15) is 0 Å². The molecule has 1 fully saturated rings. The predicted molar refractivity (Wildman–Crippen MR) is 96.4 cm³/mol. The second-order valence-electron chi connectivity index (χ2n) is 6.05. The van der Waals surface area contributed by atoms with Crippen LogP contribution in [0.2, 0.25) is 0 Å². The lowest BCUT2D eigenvalue weighted by Gasteiger charge is -2.30. The molecule has 1 aromatic heterocycles. The number of carbonyl (C=O) groups is 2. The van der Waals surface area contributed by atoms with Gasteiger partial charge in [0.2, 0.25) is 5.91 Å². The number of hydrogen-bond donors (Lipinski definition) is 0. The van der Waals surface area contributed by atoms with Gasteiger partial charge >= 0.3 is 5.97 Å². The Kier molecular flexibility index (Phi) is 6.44. The number of esters is 1. The van der Waals surface area contributed by atoms with Crippen LogP contribution in [-0.4, -0.2) is 52.4 Å². The van der Waals surface area contributed by atoms with Gasteiger partial charge in [-0.25, -0.2) is 4.39 Å². The zero-order valence-corrected chi connectivity index (χ0v) is 15.7. The first-order valence-corrected chi connectivity index (χ1v) is 9.72. The van der Waals surface area contributed by atoms with Crippen LogP contribution in [0.5, 0.6) is 0 Å². The van der Waals surface area contributed by atoms with Crippen molar-refractivity contribution in [1.82, 2.24) is 15.1 Å². The highest BCUT2D eigenvalue weighted by molar-refractivity contribution is 7.99. The minimum absolute atomic E-state index is 0.0621. The fourth-order valence-electron chi connectivity index (χ4n) is 2.85. The molecule has 1 aliphatic heterocycles. The number of nitrogens with zero attached hydrogens (tertiary/aromatic N) is 3. The van der Waals surface area contributed by atoms with E-state index in [1.165, 1.54) is 6.07 Å². The first kappa shape index (κ1) is 19.3. The summed E-state index contributed by atoms with van der Waals surface area (Å²) in [6, 6.07) is 6.12. The van der Waals surface area contributed by atoms with E-state index in [0.717, 1.165) is 11.8 Å². The maximum Gasteiger partial charge on any atom is 0.309 e. The van der Waals surface area contributed by atoms with Crippen molar-refractivity contribution in [3.05, 3.63) is 30.1 Å². The number of amides is 1. The predicted octanol–water partition coefficient (Wildman–Crippen LogP) is 2.77. The third kappa shape index (κ3) is 4.85. The van der Waals surface area contributed by atoms with Crippen LogP contribution in [0, 0.1) is 11.7 Å². The molecule has 144 valence electrons. The normalized spacial score (nSPS) is 15.0. The van der Waals surface area contributed by atoms with Crippen molar-refractivity contribution in [1.29, 1.82) is 0 Å². The second kappa shape index (κ2) is 8.98. The van der Waals surface area contributed by atoms with Crippen LogP contribution in [-0.2, 0) is 14.3 Å². The maximum absolute atomic E-state index is 13.8. The largest absolute Gasteiger partial charge is 0.466 e. The van der Waals surface area contributed by atoms with E-state index < -0.39 is 5.82 Å². The Morgan fingerprint density at radius 2 is 2.04 bits per heavy atom. The van der Waals surface area contributed by atoms with Gasteiger partial charge in [0.25, 0.3) is 11.1 Å². The van der Waals surface area contributed by atoms with Gasteiger partial charge in [-0.05, 0) is 31.9 Å². The molecular formula is C18H20FN3O4S. The Labute approximate surface area is 160 Å². The van der Waals surface area contributed by atoms with Crippen LogP contribution in [0.1, 0.15) is 19.8 Å². The van der Waals surface area contributed by atoms with Gasteiger partial charge in [0.05, 0.1) is 23.8 Å². The van der Waals surface area contributed by atoms with Crippen LogP contribution in [0.25, 0.3) is 11.5 Å². The van der Waals surface area contributed by atoms with Crippen molar-refractivity contribution in [3.63, 3.8) is 0 Å². The third-order valence-electron chi connectivity index (χ3n) is 4.30. The van der Waals surface area contributed by atoms with E-state index in [0.29, 0.717) is 32.5 Å². The summed E-state index contributed by atoms with van der Waals surface area (Å²) < 4.78 is 24.2. The fourth-order valence-corrected chi connectivity index (χ4v) is 3.52. The minimum atomic E-state index is -0.446. The molecule has 0 saturated carbocycles. The summed E-state index contributed by atoms with van der Waals surface area (Å²) in [6.07, 6.45) is 1.21. The molecule has 3 rings (SSSR count). The number of likely N-dealkylation sites (tertiary alicyclic amines) is 1. The molecule has 0 aliphatic carbocycles. The van der Waals surface area contributed by atoms with Crippen molar-refractivity contribution in [3.8, 4) is 11.5 Å². The van der Waals surface area contributed by atoms with Gasteiger partial charge in [0, 0.05) is 13.1 Å². The molecule has 0 unspecified atom stereocenters. The molecule has 1 saturated heterocycles. The number of rotatable bonds is 6. The Hall–Kier alpha value is -2.42. The third-order valence-corrected chi connectivity index (χ3v) is 5.10. The lowest BCUT2D eigenvalue weighted by atomic mass is 9.97. The van der Waals surface area contributed by atoms with Gasteiger partial charge in [0.1, 0.15) is 5.82 Å². The summed E-state index contributed by atoms with van der Waals surface area (Å²) in [6.45, 7) is 3.19. The molecule has 9 heteroatoms. The van der Waals surface area contributed by atoms with Gasteiger partial charge in [-0.1, -0.05) is 23.9 Å². The Morgan fingerprint density at radius 3 is 2.74 bits per heavy atom. The van der Waals surface area contributed by atoms with E-state index >= 15 is 0 Å². The van der Waals surface area contributed by atoms with Crippen LogP contribution in [0.4, 0.5) is 4.39 Å². The molecule has 0 bridgehead atoms. The summed E-state index contributed by atoms with van der Waals surface area (Å²) >= 11 is 1.11. The first-order chi connectivity index (χ1) is 13.1. The summed E-state index contributed by atoms with van der Waals surface area (Å²) in [7, 11) is 0. The maximum atomic E-state index is 13.8. The van der Waals surface area contributed by atoms with Crippen molar-refractivity contribution in [2.45, 2.75) is 25.0 Å². The minimum Gasteiger partial charge on any atom is -0.466 e. The summed E-state index contributed by atoms with van der Waals surface area (Å²) in [4.78, 5) is 25.8. The summed E-state index contributed by atoms with van der Waals surface area (Å²) in [5.74, 6) is -0.612. The van der Waals surface area contributed by atoms with E-state index in [1.54, 1.807) is 30.0 Å². The molecule has 1 aromatic carbocycles. The SMILES string of the molecule is CCOC(=O)C1CCN(C(=O)CSc2nnc(-c3ccccc3F)o2)CC1. The van der Waals surface area contributed by atoms with Crippen molar-refractivity contribution in [2.24, 2.45) is 5.92 Å². The molecule has 1 aliphatic rings. The summed E-state index contributed by atoms with van der Waals surface area (Å²) in [5, 5.41) is 7.90. The lowest BCUT2D eigenvalue weighted by Crippen LogP contribution is -2.41. The highest BCUT2D eigenvalue weighted by Gasteiger charge is 2.28. The Morgan fingerprint density at radius 1 is 1.30 bits per heavy atom. The number of piperidine rings is 1. The molecule has 7 nitrogen and oxygen atoms in total. The molecule has 0 spiro atoms. The second-order valence-corrected chi connectivity index (χ2v) is 6.98. The number of hydrogen-bond acceptors (Lipinski definition) is 7. The lowest BCUT2D eigenvalue weighted by molar-refractivity contribution is -0.151. The van der Waals surface area contributed by atoms with Gasteiger partial charge in [-0.15, -0.1) is 10.2 Å². The van der Waals surface area contributed by atoms with Crippen molar-refractivity contribution >= 4 is 23.6 Å². The molecule has 1 amide bonds. The standard InChI is InChI=1S/C18H20FN3O4S/c1-2-25-17(24)12-7-9-22(10-8-12)15(23)11-27-18-21-20-16(26-18)13-5-3-4-6-14(13)19/h3-6,12H,2,7-11H2,1H3. The van der Waals surface area contributed by atoms with Gasteiger partial charge in [-0.3, -0.25) is 9.59 Å². The van der Waals surface area contributed by atoms with Gasteiger partial charge < -0.3 is 14.1 Å². The quantitative estimate of drug-likeness (QED) is 0.551. The monoisotopic (exact) mass is 393 g/mol. The highest BCUT2D eigenvalue weighted by Crippen LogP contribution is 2.26. The van der Waals surface area contributed by atoms with E-state index in [4.69, 9.17) is 9.15 Å². The van der Waals surface area contributed by atoms with Crippen LogP contribution >= 0.6 is 11.8 Å². The van der Waals surface area contributed by atoms with E-state index in [2.05, 4.69) is 10.2 Å². The van der Waals surface area contributed by atoms with Crippen LogP contribution in [0.3, 0.4) is 0 Å². The highest BCUT2D eigenvalue weighted by atomic mass is 32.2. The van der Waals surface area contributed by atoms with E-state index in [1.807, 2.05) is 0 Å². The Bertz CT molecular complexity index is 805. The number of thioether (sulfide) groups is 1. The average molecular weight is 393 g/mol. The average Bonchev–Trinajstić information content (AvgIpc) is 3.15. The smallest absolute Gasteiger partial charge is 0.309 e. The van der Waals surface area contributed by atoms with Crippen LogP contribution < -0.4 is 0 Å². The molecule has 0 N–H and O–H groups in total. The number of aromatic nitrogens is 2. The van der Waals surface area contributed by atoms with Crippen molar-refractivity contribution < 1.29 is 23.1 Å². The number of halogens is 1. The topological polar surface area (TPSA) is 85.5 Å². The zero-order valence-electron chi connectivity index (χ0n) is 14.9. The van der Waals surface area contributed by atoms with Crippen molar-refractivity contribution in [2.75, 3.05) is 25.4 Å². The fraction of sp³-hybridized carbons (Fsp3) is 0.444. The van der Waals surface area contributed by atoms with E-state index in [9.17, 15) is 14.0 Å². The molecule has 2 aromatic rings. The molecule has 0 atom stereocenters. The molecule has 2 heterocycles. The molecular weight excluding hydrogens is 373 g/mol. The number of carbonyl (C=O) groups excluding carboxylic acids is 2. The first-order valence-electron chi connectivity index (χ1n) is 8.74. The number of ether oxygens (including phenoxy) is 1. The zero-order chi connectivity index (χ0) is 19.2. The van der Waals surface area contributed by atoms with E-state index in [-0.39, 0.29) is 40.2 Å². The molecule has 27 heavy (non-hydrogen) atoms. The summed E-state index contributed by atoms with van der Waals surface area (Å²) in [5.41, 5.74) is 0.226. The number of benzene rings is 1. The van der Waals surface area contributed by atoms with Gasteiger partial charge in [0.15, 0.2) is 0 Å². The molecule has 0 radical (unpaired) electrons.